The molecule has 4 nitrogen and oxygen atoms in total. The molecule has 2 heterocycles. The van der Waals surface area contributed by atoms with Gasteiger partial charge in [-0.2, -0.15) is 0 Å². The summed E-state index contributed by atoms with van der Waals surface area (Å²) < 4.78 is 0. The highest BCUT2D eigenvalue weighted by molar-refractivity contribution is 5.76. The Balaban J connectivity index is 1.60. The van der Waals surface area contributed by atoms with Crippen molar-refractivity contribution in [3.05, 3.63) is 0 Å². The number of piperidine rings is 1. The van der Waals surface area contributed by atoms with Gasteiger partial charge in [0.15, 0.2) is 0 Å². The average molecular weight is 281 g/mol. The number of hydrogen-bond acceptors (Lipinski definition) is 3. The number of nitrogens with zero attached hydrogens (tertiary/aromatic N) is 1. The number of hydrogen-bond donors (Lipinski definition) is 2. The molecule has 20 heavy (non-hydrogen) atoms. The molecule has 2 N–H and O–H groups in total. The summed E-state index contributed by atoms with van der Waals surface area (Å²) in [5, 5.41) is 6.74. The minimum atomic E-state index is 0.254. The van der Waals surface area contributed by atoms with Gasteiger partial charge in [-0.05, 0) is 51.1 Å². The molecule has 2 atom stereocenters. The third-order valence-electron chi connectivity index (χ3n) is 4.78. The van der Waals surface area contributed by atoms with Crippen molar-refractivity contribution in [1.82, 2.24) is 15.5 Å². The van der Waals surface area contributed by atoms with E-state index in [1.54, 1.807) is 0 Å². The molecular formula is C16H31N3O. The maximum Gasteiger partial charge on any atom is 0.220 e. The van der Waals surface area contributed by atoms with Gasteiger partial charge in [0.05, 0.1) is 0 Å². The minimum Gasteiger partial charge on any atom is -0.355 e. The van der Waals surface area contributed by atoms with Crippen molar-refractivity contribution in [1.29, 1.82) is 0 Å². The van der Waals surface area contributed by atoms with Gasteiger partial charge in [0.2, 0.25) is 5.91 Å². The highest BCUT2D eigenvalue weighted by Gasteiger charge is 2.33. The average Bonchev–Trinajstić information content (AvgIpc) is 2.77. The zero-order chi connectivity index (χ0) is 14.4. The molecule has 2 rings (SSSR count). The summed E-state index contributed by atoms with van der Waals surface area (Å²) >= 11 is 0. The Labute approximate surface area is 123 Å². The van der Waals surface area contributed by atoms with E-state index in [2.05, 4.69) is 29.4 Å². The van der Waals surface area contributed by atoms with E-state index >= 15 is 0 Å². The van der Waals surface area contributed by atoms with Crippen LogP contribution >= 0.6 is 0 Å². The van der Waals surface area contributed by atoms with Crippen LogP contribution in [0.3, 0.4) is 0 Å². The second kappa shape index (κ2) is 7.99. The summed E-state index contributed by atoms with van der Waals surface area (Å²) in [6.07, 6.45) is 6.92. The summed E-state index contributed by atoms with van der Waals surface area (Å²) in [6.45, 7) is 8.36. The Morgan fingerprint density at radius 3 is 2.50 bits per heavy atom. The Kier molecular flexibility index (Phi) is 6.30. The maximum atomic E-state index is 12.0. The van der Waals surface area contributed by atoms with E-state index in [1.807, 2.05) is 0 Å². The van der Waals surface area contributed by atoms with Gasteiger partial charge in [-0.1, -0.05) is 13.8 Å². The highest BCUT2D eigenvalue weighted by atomic mass is 16.1. The molecular weight excluding hydrogens is 250 g/mol. The van der Waals surface area contributed by atoms with E-state index in [1.165, 1.54) is 32.1 Å². The van der Waals surface area contributed by atoms with Crippen LogP contribution in [0.25, 0.3) is 0 Å². The van der Waals surface area contributed by atoms with Crippen LogP contribution in [0.1, 0.15) is 52.4 Å². The smallest absolute Gasteiger partial charge is 0.220 e. The number of carbonyl (C=O) groups excluding carboxylic acids is 1. The molecule has 0 radical (unpaired) electrons. The fourth-order valence-electron chi connectivity index (χ4n) is 3.77. The first-order valence-corrected chi connectivity index (χ1v) is 8.46. The molecule has 4 heteroatoms. The molecule has 2 unspecified atom stereocenters. The highest BCUT2D eigenvalue weighted by Crippen LogP contribution is 2.32. The monoisotopic (exact) mass is 281 g/mol. The Morgan fingerprint density at radius 2 is 1.90 bits per heavy atom. The predicted molar refractivity (Wildman–Crippen MR) is 82.7 cm³/mol. The molecule has 2 aliphatic heterocycles. The number of fused-ring (bicyclic) bond motifs is 2. The maximum absolute atomic E-state index is 12.0. The van der Waals surface area contributed by atoms with Gasteiger partial charge in [0, 0.05) is 31.6 Å². The van der Waals surface area contributed by atoms with Gasteiger partial charge in [-0.25, -0.2) is 0 Å². The molecule has 1 amide bonds. The normalized spacial score (nSPS) is 28.9. The van der Waals surface area contributed by atoms with Crippen molar-refractivity contribution in [2.24, 2.45) is 5.92 Å². The van der Waals surface area contributed by atoms with Crippen LogP contribution in [-0.2, 0) is 4.79 Å². The number of carbonyl (C=O) groups is 1. The molecule has 2 bridgehead atoms. The minimum absolute atomic E-state index is 0.254. The van der Waals surface area contributed by atoms with Crippen LogP contribution in [0, 0.1) is 5.92 Å². The van der Waals surface area contributed by atoms with Gasteiger partial charge >= 0.3 is 0 Å². The van der Waals surface area contributed by atoms with E-state index in [-0.39, 0.29) is 5.91 Å². The first kappa shape index (κ1) is 15.8. The lowest BCUT2D eigenvalue weighted by Crippen LogP contribution is -2.40. The quantitative estimate of drug-likeness (QED) is 0.712. The van der Waals surface area contributed by atoms with Crippen molar-refractivity contribution >= 4 is 5.91 Å². The zero-order valence-corrected chi connectivity index (χ0v) is 13.2. The van der Waals surface area contributed by atoms with Gasteiger partial charge in [0.1, 0.15) is 0 Å². The van der Waals surface area contributed by atoms with Crippen LogP contribution in [-0.4, -0.2) is 49.1 Å². The first-order chi connectivity index (χ1) is 9.71. The van der Waals surface area contributed by atoms with Crippen molar-refractivity contribution in [3.63, 3.8) is 0 Å². The van der Waals surface area contributed by atoms with Gasteiger partial charge in [0.25, 0.3) is 0 Å². The van der Waals surface area contributed by atoms with Crippen molar-refractivity contribution in [2.45, 2.75) is 64.5 Å². The standard InChI is InChI=1S/C16H31N3O/c1-3-8-19(4-2)9-7-17-16(20)12-13-10-14-5-6-15(11-13)18-14/h13-15,18H,3-12H2,1-2H3,(H,17,20). The zero-order valence-electron chi connectivity index (χ0n) is 13.2. The Morgan fingerprint density at radius 1 is 1.20 bits per heavy atom. The molecule has 0 spiro atoms. The van der Waals surface area contributed by atoms with Crippen LogP contribution in [0.2, 0.25) is 0 Å². The van der Waals surface area contributed by atoms with Gasteiger partial charge in [-0.3, -0.25) is 4.79 Å². The summed E-state index contributed by atoms with van der Waals surface area (Å²) in [5.74, 6) is 0.857. The summed E-state index contributed by atoms with van der Waals surface area (Å²) in [6, 6.07) is 1.37. The van der Waals surface area contributed by atoms with Gasteiger partial charge in [-0.15, -0.1) is 0 Å². The first-order valence-electron chi connectivity index (χ1n) is 8.46. The van der Waals surface area contributed by atoms with E-state index in [4.69, 9.17) is 0 Å². The van der Waals surface area contributed by atoms with E-state index in [9.17, 15) is 4.79 Å². The predicted octanol–water partition coefficient (Wildman–Crippen LogP) is 1.76. The largest absolute Gasteiger partial charge is 0.355 e. The van der Waals surface area contributed by atoms with E-state index in [0.717, 1.165) is 32.6 Å². The lowest BCUT2D eigenvalue weighted by Gasteiger charge is -2.28. The molecule has 0 saturated carbocycles. The third-order valence-corrected chi connectivity index (χ3v) is 4.78. The number of nitrogens with one attached hydrogen (secondary N) is 2. The van der Waals surface area contributed by atoms with Crippen LogP contribution < -0.4 is 10.6 Å². The van der Waals surface area contributed by atoms with Crippen molar-refractivity contribution in [2.75, 3.05) is 26.2 Å². The molecule has 2 fully saturated rings. The van der Waals surface area contributed by atoms with Crippen LogP contribution in [0.4, 0.5) is 0 Å². The molecule has 0 aromatic carbocycles. The molecule has 0 aromatic heterocycles. The molecule has 2 saturated heterocycles. The number of likely N-dealkylation sites (N-methyl/N-ethyl adjacent to an activating group) is 1. The van der Waals surface area contributed by atoms with Gasteiger partial charge < -0.3 is 15.5 Å². The Bertz CT molecular complexity index is 296. The second-order valence-electron chi connectivity index (χ2n) is 6.46. The number of amides is 1. The van der Waals surface area contributed by atoms with Crippen LogP contribution in [0.15, 0.2) is 0 Å². The van der Waals surface area contributed by atoms with Crippen LogP contribution in [0.5, 0.6) is 0 Å². The summed E-state index contributed by atoms with van der Waals surface area (Å²) in [5.41, 5.74) is 0. The topological polar surface area (TPSA) is 44.4 Å². The Hall–Kier alpha value is -0.610. The SMILES string of the molecule is CCCN(CC)CCNC(=O)CC1CC2CCC(C1)N2. The molecule has 0 aliphatic carbocycles. The van der Waals surface area contributed by atoms with Crippen molar-refractivity contribution in [3.8, 4) is 0 Å². The fraction of sp³-hybridized carbons (Fsp3) is 0.938. The van der Waals surface area contributed by atoms with E-state index in [0.29, 0.717) is 18.0 Å². The lowest BCUT2D eigenvalue weighted by atomic mass is 9.89. The fourth-order valence-corrected chi connectivity index (χ4v) is 3.77. The summed E-state index contributed by atoms with van der Waals surface area (Å²) in [4.78, 5) is 14.4. The molecule has 2 aliphatic rings. The lowest BCUT2D eigenvalue weighted by molar-refractivity contribution is -0.122. The third kappa shape index (κ3) is 4.74. The molecule has 0 aromatic rings. The van der Waals surface area contributed by atoms with E-state index < -0.39 is 0 Å². The summed E-state index contributed by atoms with van der Waals surface area (Å²) in [7, 11) is 0. The number of rotatable bonds is 8. The second-order valence-corrected chi connectivity index (χ2v) is 6.46. The van der Waals surface area contributed by atoms with Crippen molar-refractivity contribution < 1.29 is 4.79 Å². The molecule has 116 valence electrons.